The van der Waals surface area contributed by atoms with Gasteiger partial charge in [-0.05, 0) is 48.2 Å². The summed E-state index contributed by atoms with van der Waals surface area (Å²) < 4.78 is 13.4. The molecule has 33 heavy (non-hydrogen) atoms. The van der Waals surface area contributed by atoms with Gasteiger partial charge in [-0.3, -0.25) is 0 Å². The van der Waals surface area contributed by atoms with Crippen molar-refractivity contribution in [1.82, 2.24) is 14.8 Å². The molecule has 2 aromatic carbocycles. The molecule has 0 spiro atoms. The van der Waals surface area contributed by atoms with Crippen LogP contribution in [0.1, 0.15) is 44.1 Å². The number of benzene rings is 2. The molecular weight excluding hydrogens is 436 g/mol. The molecule has 1 N–H and O–H groups in total. The highest BCUT2D eigenvalue weighted by atomic mass is 32.1. The van der Waals surface area contributed by atoms with Gasteiger partial charge in [-0.1, -0.05) is 29.8 Å². The van der Waals surface area contributed by atoms with E-state index < -0.39 is 0 Å². The minimum Gasteiger partial charge on any atom is -0.480 e. The number of methoxy groups -OCH3 is 1. The lowest BCUT2D eigenvalue weighted by atomic mass is 9.86. The first-order valence-electron chi connectivity index (χ1n) is 10.5. The van der Waals surface area contributed by atoms with Crippen LogP contribution in [-0.4, -0.2) is 27.8 Å². The standard InChI is InChI=1S/C25H20N4O3S/c1-14-5-10-18-17(12-14)21-20(23(32-18)15-6-8-16(9-7-15)24(30)31-2)22(19-4-3-11-33-19)29-25(28-21)26-13-27-29/h3-13,22-23H,1-2H3,(H,26,27,28). The third-order valence-electron chi connectivity index (χ3n) is 6.02. The third-order valence-corrected chi connectivity index (χ3v) is 6.94. The number of carbonyl (C=O) groups is 1. The maximum absolute atomic E-state index is 11.9. The fraction of sp³-hybridized carbons (Fsp3) is 0.160. The summed E-state index contributed by atoms with van der Waals surface area (Å²) in [5.41, 5.74) is 5.63. The number of esters is 1. The minimum atomic E-state index is -0.376. The second kappa shape index (κ2) is 7.60. The highest BCUT2D eigenvalue weighted by Gasteiger charge is 2.41. The minimum absolute atomic E-state index is 0.169. The van der Waals surface area contributed by atoms with E-state index in [1.165, 1.54) is 7.11 Å². The molecule has 0 saturated carbocycles. The zero-order valence-electron chi connectivity index (χ0n) is 18.0. The smallest absolute Gasteiger partial charge is 0.337 e. The van der Waals surface area contributed by atoms with Gasteiger partial charge in [-0.2, -0.15) is 10.1 Å². The van der Waals surface area contributed by atoms with E-state index in [0.717, 1.165) is 38.6 Å². The molecule has 6 rings (SSSR count). The Hall–Kier alpha value is -3.91. The second-order valence-electron chi connectivity index (χ2n) is 8.01. The lowest BCUT2D eigenvalue weighted by molar-refractivity contribution is 0.0600. The van der Waals surface area contributed by atoms with Crippen molar-refractivity contribution in [3.05, 3.63) is 99.0 Å². The maximum atomic E-state index is 11.9. The molecule has 2 unspecified atom stereocenters. The van der Waals surface area contributed by atoms with Gasteiger partial charge in [0.1, 0.15) is 24.2 Å². The zero-order valence-corrected chi connectivity index (χ0v) is 18.8. The molecule has 4 aromatic rings. The fourth-order valence-corrected chi connectivity index (χ4v) is 5.32. The van der Waals surface area contributed by atoms with E-state index in [4.69, 9.17) is 9.47 Å². The van der Waals surface area contributed by atoms with E-state index in [9.17, 15) is 4.79 Å². The average molecular weight is 457 g/mol. The highest BCUT2D eigenvalue weighted by Crippen LogP contribution is 2.51. The Balaban J connectivity index is 1.57. The van der Waals surface area contributed by atoms with Crippen LogP contribution in [0.5, 0.6) is 5.75 Å². The SMILES string of the molecule is COC(=O)c1ccc(C2Oc3ccc(C)cc3C3=C2C(c2cccs2)n2ncnc2N3)cc1. The number of hydrogen-bond donors (Lipinski definition) is 1. The van der Waals surface area contributed by atoms with Crippen molar-refractivity contribution in [3.63, 3.8) is 0 Å². The van der Waals surface area contributed by atoms with Crippen LogP contribution in [0.3, 0.4) is 0 Å². The Morgan fingerprint density at radius 2 is 2.03 bits per heavy atom. The monoisotopic (exact) mass is 456 g/mol. The molecule has 0 bridgehead atoms. The van der Waals surface area contributed by atoms with Crippen LogP contribution in [0.25, 0.3) is 5.70 Å². The normalized spacial score (nSPS) is 18.5. The van der Waals surface area contributed by atoms with Crippen molar-refractivity contribution in [2.75, 3.05) is 12.4 Å². The summed E-state index contributed by atoms with van der Waals surface area (Å²) in [7, 11) is 1.38. The van der Waals surface area contributed by atoms with E-state index in [2.05, 4.69) is 39.8 Å². The second-order valence-corrected chi connectivity index (χ2v) is 8.99. The summed E-state index contributed by atoms with van der Waals surface area (Å²) in [6.07, 6.45) is 1.19. The van der Waals surface area contributed by atoms with Gasteiger partial charge in [-0.15, -0.1) is 11.3 Å². The van der Waals surface area contributed by atoms with Crippen molar-refractivity contribution in [2.45, 2.75) is 19.1 Å². The first kappa shape index (κ1) is 19.8. The lowest BCUT2D eigenvalue weighted by Gasteiger charge is -2.38. The van der Waals surface area contributed by atoms with Gasteiger partial charge < -0.3 is 14.8 Å². The predicted molar refractivity (Wildman–Crippen MR) is 125 cm³/mol. The number of anilines is 1. The number of nitrogens with one attached hydrogen (secondary N) is 1. The number of aromatic nitrogens is 3. The van der Waals surface area contributed by atoms with Crippen LogP contribution >= 0.6 is 11.3 Å². The summed E-state index contributed by atoms with van der Waals surface area (Å²) in [5.74, 6) is 1.13. The first-order valence-corrected chi connectivity index (χ1v) is 11.4. The lowest BCUT2D eigenvalue weighted by Crippen LogP contribution is -2.32. The van der Waals surface area contributed by atoms with Crippen LogP contribution in [0.4, 0.5) is 5.95 Å². The van der Waals surface area contributed by atoms with Crippen molar-refractivity contribution in [3.8, 4) is 5.75 Å². The van der Waals surface area contributed by atoms with Gasteiger partial charge in [-0.25, -0.2) is 9.48 Å². The first-order chi connectivity index (χ1) is 16.1. The molecule has 2 atom stereocenters. The Labute approximate surface area is 194 Å². The van der Waals surface area contributed by atoms with Gasteiger partial charge in [0.15, 0.2) is 0 Å². The third kappa shape index (κ3) is 3.14. The number of thiophene rings is 1. The topological polar surface area (TPSA) is 78.3 Å². The average Bonchev–Trinajstić information content (AvgIpc) is 3.54. The molecule has 4 heterocycles. The van der Waals surface area contributed by atoms with Gasteiger partial charge in [0.05, 0.1) is 18.4 Å². The van der Waals surface area contributed by atoms with Gasteiger partial charge >= 0.3 is 5.97 Å². The number of aryl methyl sites for hydroxylation is 1. The van der Waals surface area contributed by atoms with Gasteiger partial charge in [0.2, 0.25) is 5.95 Å². The van der Waals surface area contributed by atoms with Crippen LogP contribution in [0.15, 0.2) is 71.9 Å². The molecular formula is C25H20N4O3S. The van der Waals surface area contributed by atoms with E-state index in [0.29, 0.717) is 11.5 Å². The summed E-state index contributed by atoms with van der Waals surface area (Å²) in [6, 6.07) is 17.5. The summed E-state index contributed by atoms with van der Waals surface area (Å²) in [5, 5.41) is 10.1. The molecule has 2 aromatic heterocycles. The molecule has 2 aliphatic heterocycles. The molecule has 164 valence electrons. The van der Waals surface area contributed by atoms with Crippen molar-refractivity contribution < 1.29 is 14.3 Å². The van der Waals surface area contributed by atoms with E-state index in [1.807, 2.05) is 35.0 Å². The molecule has 2 aliphatic rings. The van der Waals surface area contributed by atoms with Crippen LogP contribution in [-0.2, 0) is 4.74 Å². The number of fused-ring (bicyclic) bond motifs is 3. The van der Waals surface area contributed by atoms with Crippen molar-refractivity contribution in [1.29, 1.82) is 0 Å². The predicted octanol–water partition coefficient (Wildman–Crippen LogP) is 4.99. The number of rotatable bonds is 3. The number of ether oxygens (including phenoxy) is 2. The van der Waals surface area contributed by atoms with Crippen molar-refractivity contribution in [2.24, 2.45) is 0 Å². The van der Waals surface area contributed by atoms with Crippen molar-refractivity contribution >= 4 is 29.0 Å². The molecule has 0 saturated heterocycles. The highest BCUT2D eigenvalue weighted by molar-refractivity contribution is 7.10. The molecule has 0 aliphatic carbocycles. The summed E-state index contributed by atoms with van der Waals surface area (Å²) >= 11 is 1.68. The summed E-state index contributed by atoms with van der Waals surface area (Å²) in [6.45, 7) is 2.07. The van der Waals surface area contributed by atoms with Gasteiger partial charge in [0, 0.05) is 16.0 Å². The fourth-order valence-electron chi connectivity index (χ4n) is 4.49. The molecule has 7 nitrogen and oxygen atoms in total. The quantitative estimate of drug-likeness (QED) is 0.438. The molecule has 8 heteroatoms. The van der Waals surface area contributed by atoms with E-state index in [1.54, 1.807) is 29.8 Å². The van der Waals surface area contributed by atoms with Gasteiger partial charge in [0.25, 0.3) is 0 Å². The number of carbonyl (C=O) groups excluding carboxylic acids is 1. The Kier molecular flexibility index (Phi) is 4.55. The van der Waals surface area contributed by atoms with E-state index in [-0.39, 0.29) is 18.1 Å². The van der Waals surface area contributed by atoms with Crippen LogP contribution in [0.2, 0.25) is 0 Å². The van der Waals surface area contributed by atoms with Crippen LogP contribution in [0, 0.1) is 6.92 Å². The Morgan fingerprint density at radius 3 is 2.79 bits per heavy atom. The molecule has 0 amide bonds. The van der Waals surface area contributed by atoms with E-state index >= 15 is 0 Å². The largest absolute Gasteiger partial charge is 0.480 e. The number of nitrogens with zero attached hydrogens (tertiary/aromatic N) is 3. The molecule has 0 radical (unpaired) electrons. The summed E-state index contributed by atoms with van der Waals surface area (Å²) in [4.78, 5) is 17.6. The maximum Gasteiger partial charge on any atom is 0.337 e. The Morgan fingerprint density at radius 1 is 1.18 bits per heavy atom. The number of hydrogen-bond acceptors (Lipinski definition) is 7. The Bertz CT molecular complexity index is 1390. The molecule has 0 fully saturated rings. The zero-order chi connectivity index (χ0) is 22.5. The van der Waals surface area contributed by atoms with Crippen LogP contribution < -0.4 is 10.1 Å².